The molecule has 134 valence electrons. The van der Waals surface area contributed by atoms with Crippen molar-refractivity contribution in [3.8, 4) is 0 Å². The molecule has 1 aliphatic rings. The fraction of sp³-hybridized carbons (Fsp3) is 0.444. The third kappa shape index (κ3) is 4.00. The van der Waals surface area contributed by atoms with Gasteiger partial charge in [-0.25, -0.2) is 4.79 Å². The van der Waals surface area contributed by atoms with Crippen molar-refractivity contribution in [1.29, 1.82) is 0 Å². The minimum atomic E-state index is -0.565. The van der Waals surface area contributed by atoms with Gasteiger partial charge in [0.15, 0.2) is 0 Å². The molecule has 2 aromatic rings. The number of nitrogens with one attached hydrogen (secondary N) is 1. The van der Waals surface area contributed by atoms with Crippen LogP contribution in [0.2, 0.25) is 0 Å². The van der Waals surface area contributed by atoms with E-state index >= 15 is 0 Å². The molecule has 0 spiro atoms. The van der Waals surface area contributed by atoms with Gasteiger partial charge in [-0.2, -0.15) is 5.10 Å². The van der Waals surface area contributed by atoms with Crippen molar-refractivity contribution >= 4 is 11.7 Å². The third-order valence-electron chi connectivity index (χ3n) is 4.69. The van der Waals surface area contributed by atoms with E-state index in [0.717, 1.165) is 16.8 Å². The molecular weight excluding hydrogens is 318 g/mol. The maximum Gasteiger partial charge on any atom is 0.321 e. The molecule has 0 radical (unpaired) electrons. The van der Waals surface area contributed by atoms with Crippen LogP contribution < -0.4 is 5.32 Å². The molecule has 2 N–H and O–H groups in total. The van der Waals surface area contributed by atoms with Gasteiger partial charge in [-0.15, -0.1) is 0 Å². The first-order valence-corrected chi connectivity index (χ1v) is 8.41. The monoisotopic (exact) mass is 343 g/mol. The van der Waals surface area contributed by atoms with Crippen LogP contribution in [0.15, 0.2) is 36.7 Å². The summed E-state index contributed by atoms with van der Waals surface area (Å²) < 4.78 is 1.76. The van der Waals surface area contributed by atoms with Gasteiger partial charge in [-0.3, -0.25) is 9.58 Å². The predicted molar refractivity (Wildman–Crippen MR) is 96.2 cm³/mol. The van der Waals surface area contributed by atoms with Gasteiger partial charge in [-0.05, 0) is 25.6 Å². The number of urea groups is 1. The number of likely N-dealkylation sites (N-methyl/N-ethyl adjacent to an activating group) is 1. The Morgan fingerprint density at radius 2 is 2.16 bits per heavy atom. The number of carbonyl (C=O) groups excluding carboxylic acids is 1. The molecule has 0 unspecified atom stereocenters. The molecular formula is C18H25N5O2. The smallest absolute Gasteiger partial charge is 0.321 e. The fourth-order valence-electron chi connectivity index (χ4n) is 3.23. The molecule has 25 heavy (non-hydrogen) atoms. The van der Waals surface area contributed by atoms with Gasteiger partial charge in [0.25, 0.3) is 0 Å². The number of nitrogens with zero attached hydrogens (tertiary/aromatic N) is 4. The lowest BCUT2D eigenvalue weighted by Crippen LogP contribution is -2.40. The minimum absolute atomic E-state index is 0.0946. The number of aromatic nitrogens is 2. The Morgan fingerprint density at radius 3 is 2.84 bits per heavy atom. The summed E-state index contributed by atoms with van der Waals surface area (Å²) in [6.07, 6.45) is 3.21. The minimum Gasteiger partial charge on any atom is -0.390 e. The summed E-state index contributed by atoms with van der Waals surface area (Å²) in [6.45, 7) is 3.47. The van der Waals surface area contributed by atoms with Gasteiger partial charge in [0, 0.05) is 37.6 Å². The number of hydrogen-bond donors (Lipinski definition) is 2. The number of amides is 2. The Labute approximate surface area is 147 Å². The summed E-state index contributed by atoms with van der Waals surface area (Å²) in [5.41, 5.74) is 2.90. The van der Waals surface area contributed by atoms with Crippen LogP contribution in [0.1, 0.15) is 11.1 Å². The van der Waals surface area contributed by atoms with Crippen molar-refractivity contribution < 1.29 is 9.90 Å². The van der Waals surface area contributed by atoms with Crippen LogP contribution in [0.4, 0.5) is 10.5 Å². The number of aliphatic hydroxyl groups excluding tert-OH is 1. The molecule has 1 fully saturated rings. The highest BCUT2D eigenvalue weighted by molar-refractivity contribution is 5.90. The molecule has 1 saturated heterocycles. The van der Waals surface area contributed by atoms with Crippen LogP contribution in [0, 0.1) is 6.92 Å². The largest absolute Gasteiger partial charge is 0.390 e. The molecule has 2 atom stereocenters. The highest BCUT2D eigenvalue weighted by Gasteiger charge is 2.36. The average Bonchev–Trinajstić information content (AvgIpc) is 3.15. The number of likely N-dealkylation sites (tertiary alicyclic amines) is 1. The predicted octanol–water partition coefficient (Wildman–Crippen LogP) is 1.44. The quantitative estimate of drug-likeness (QED) is 0.881. The highest BCUT2D eigenvalue weighted by Crippen LogP contribution is 2.20. The zero-order chi connectivity index (χ0) is 18.0. The number of para-hydroxylation sites is 1. The van der Waals surface area contributed by atoms with Crippen molar-refractivity contribution in [3.05, 3.63) is 47.8 Å². The molecule has 1 aliphatic heterocycles. The first-order valence-electron chi connectivity index (χ1n) is 8.41. The molecule has 2 amide bonds. The highest BCUT2D eigenvalue weighted by atomic mass is 16.3. The number of anilines is 1. The van der Waals surface area contributed by atoms with Gasteiger partial charge < -0.3 is 15.3 Å². The molecule has 1 aromatic carbocycles. The van der Waals surface area contributed by atoms with Crippen LogP contribution in [0.3, 0.4) is 0 Å². The van der Waals surface area contributed by atoms with Crippen molar-refractivity contribution in [2.75, 3.05) is 25.5 Å². The molecule has 1 aromatic heterocycles. The van der Waals surface area contributed by atoms with Crippen LogP contribution in [0.5, 0.6) is 0 Å². The van der Waals surface area contributed by atoms with E-state index < -0.39 is 6.10 Å². The number of rotatable bonds is 4. The summed E-state index contributed by atoms with van der Waals surface area (Å²) in [5.74, 6) is 0. The summed E-state index contributed by atoms with van der Waals surface area (Å²) in [5, 5.41) is 17.5. The molecule has 2 heterocycles. The Morgan fingerprint density at radius 1 is 1.40 bits per heavy atom. The second kappa shape index (κ2) is 7.25. The average molecular weight is 343 g/mol. The second-order valence-corrected chi connectivity index (χ2v) is 6.72. The number of aryl methyl sites for hydroxylation is 2. The van der Waals surface area contributed by atoms with E-state index in [4.69, 9.17) is 0 Å². The fourth-order valence-corrected chi connectivity index (χ4v) is 3.23. The Bertz CT molecular complexity index is 745. The summed E-state index contributed by atoms with van der Waals surface area (Å²) in [6, 6.07) is 7.40. The molecule has 3 rings (SSSR count). The number of hydrogen-bond acceptors (Lipinski definition) is 4. The van der Waals surface area contributed by atoms with Crippen LogP contribution in [-0.4, -0.2) is 63.0 Å². The van der Waals surface area contributed by atoms with Crippen LogP contribution in [-0.2, 0) is 13.6 Å². The van der Waals surface area contributed by atoms with Crippen LogP contribution in [0.25, 0.3) is 0 Å². The third-order valence-corrected chi connectivity index (χ3v) is 4.69. The van der Waals surface area contributed by atoms with Crippen molar-refractivity contribution in [1.82, 2.24) is 19.6 Å². The van der Waals surface area contributed by atoms with Gasteiger partial charge in [0.2, 0.25) is 0 Å². The van der Waals surface area contributed by atoms with E-state index in [1.165, 1.54) is 0 Å². The SMILES string of the molecule is Cc1ccccc1NC(=O)N1C[C@H](O)[C@@H](N(C)Cc2cnn(C)c2)C1. The van der Waals surface area contributed by atoms with E-state index in [1.807, 2.05) is 57.7 Å². The first-order chi connectivity index (χ1) is 11.9. The zero-order valence-electron chi connectivity index (χ0n) is 14.9. The van der Waals surface area contributed by atoms with E-state index in [2.05, 4.69) is 15.3 Å². The Kier molecular flexibility index (Phi) is 5.06. The van der Waals surface area contributed by atoms with Crippen molar-refractivity contribution in [2.45, 2.75) is 25.6 Å². The Balaban J connectivity index is 1.60. The molecule has 7 nitrogen and oxygen atoms in total. The normalized spacial score (nSPS) is 20.3. The zero-order valence-corrected chi connectivity index (χ0v) is 14.9. The van der Waals surface area contributed by atoms with Gasteiger partial charge in [0.05, 0.1) is 24.9 Å². The lowest BCUT2D eigenvalue weighted by atomic mass is 10.2. The van der Waals surface area contributed by atoms with Crippen molar-refractivity contribution in [2.24, 2.45) is 7.05 Å². The summed E-state index contributed by atoms with van der Waals surface area (Å²) in [7, 11) is 3.84. The van der Waals surface area contributed by atoms with E-state index in [1.54, 1.807) is 9.58 Å². The molecule has 0 saturated carbocycles. The van der Waals surface area contributed by atoms with Gasteiger partial charge in [0.1, 0.15) is 0 Å². The lowest BCUT2D eigenvalue weighted by Gasteiger charge is -2.25. The first kappa shape index (κ1) is 17.4. The van der Waals surface area contributed by atoms with E-state index in [9.17, 15) is 9.90 Å². The number of aliphatic hydroxyl groups is 1. The molecule has 7 heteroatoms. The lowest BCUT2D eigenvalue weighted by molar-refractivity contribution is 0.0951. The number of carbonyl (C=O) groups is 1. The van der Waals surface area contributed by atoms with Gasteiger partial charge in [-0.1, -0.05) is 18.2 Å². The summed E-state index contributed by atoms with van der Waals surface area (Å²) >= 11 is 0. The maximum atomic E-state index is 12.5. The van der Waals surface area contributed by atoms with E-state index in [0.29, 0.717) is 19.6 Å². The molecule has 0 aliphatic carbocycles. The molecule has 0 bridgehead atoms. The Hall–Kier alpha value is -2.38. The summed E-state index contributed by atoms with van der Waals surface area (Å²) in [4.78, 5) is 16.3. The van der Waals surface area contributed by atoms with E-state index in [-0.39, 0.29) is 12.1 Å². The van der Waals surface area contributed by atoms with Crippen molar-refractivity contribution in [3.63, 3.8) is 0 Å². The number of benzene rings is 1. The standard InChI is InChI=1S/C18H25N5O2/c1-13-6-4-5-7-15(13)20-18(25)23-11-16(17(24)12-23)21(2)9-14-8-19-22(3)10-14/h4-8,10,16-17,24H,9,11-12H2,1-3H3,(H,20,25)/t16-,17-/m0/s1. The van der Waals surface area contributed by atoms with Crippen LogP contribution >= 0.6 is 0 Å². The topological polar surface area (TPSA) is 73.6 Å². The van der Waals surface area contributed by atoms with Gasteiger partial charge >= 0.3 is 6.03 Å². The maximum absolute atomic E-state index is 12.5. The second-order valence-electron chi connectivity index (χ2n) is 6.72. The number of β-amino-alcohol motifs (C(OH)–C–C–N with tert-alkyl or cyclic N) is 1.